The van der Waals surface area contributed by atoms with E-state index in [0.29, 0.717) is 11.4 Å². The fourth-order valence-corrected chi connectivity index (χ4v) is 2.85. The molecule has 17 heavy (non-hydrogen) atoms. The minimum Gasteiger partial charge on any atom is -0.281 e. The average molecular weight is 253 g/mol. The standard InChI is InChI=1S/C9H11N5O2S/c1-6-9(7(2)12-11-6)17(15,16)14-8-4-3-5-10-13-8/h3-5H,1-2H3,(H,11,12)(H,13,14). The predicted octanol–water partition coefficient (Wildman–Crippen LogP) is 0.617. The van der Waals surface area contributed by atoms with Crippen LogP contribution in [0.4, 0.5) is 5.82 Å². The van der Waals surface area contributed by atoms with Crippen LogP contribution in [-0.4, -0.2) is 28.8 Å². The van der Waals surface area contributed by atoms with Crippen LogP contribution >= 0.6 is 0 Å². The van der Waals surface area contributed by atoms with Crippen molar-refractivity contribution in [1.82, 2.24) is 20.4 Å². The summed E-state index contributed by atoms with van der Waals surface area (Å²) in [5.41, 5.74) is 0.901. The molecule has 0 radical (unpaired) electrons. The van der Waals surface area contributed by atoms with Crippen LogP contribution in [-0.2, 0) is 10.0 Å². The first kappa shape index (κ1) is 11.5. The monoisotopic (exact) mass is 253 g/mol. The Bertz CT molecular complexity index is 601. The molecule has 0 spiro atoms. The number of aromatic nitrogens is 4. The molecule has 0 amide bonds. The fourth-order valence-electron chi connectivity index (χ4n) is 1.48. The van der Waals surface area contributed by atoms with Crippen molar-refractivity contribution < 1.29 is 8.42 Å². The van der Waals surface area contributed by atoms with E-state index in [1.54, 1.807) is 19.9 Å². The Morgan fingerprint density at radius 3 is 2.65 bits per heavy atom. The van der Waals surface area contributed by atoms with Gasteiger partial charge in [-0.15, -0.1) is 5.10 Å². The molecule has 0 unspecified atom stereocenters. The molecule has 2 heterocycles. The normalized spacial score (nSPS) is 11.4. The molecule has 0 saturated carbocycles. The molecule has 90 valence electrons. The summed E-state index contributed by atoms with van der Waals surface area (Å²) < 4.78 is 26.5. The summed E-state index contributed by atoms with van der Waals surface area (Å²) in [7, 11) is -3.68. The van der Waals surface area contributed by atoms with Gasteiger partial charge in [0.2, 0.25) is 0 Å². The molecule has 2 aromatic heterocycles. The van der Waals surface area contributed by atoms with Gasteiger partial charge in [-0.2, -0.15) is 10.2 Å². The Labute approximate surface area is 98.3 Å². The van der Waals surface area contributed by atoms with Gasteiger partial charge in [0.25, 0.3) is 10.0 Å². The third-order valence-corrected chi connectivity index (χ3v) is 3.76. The van der Waals surface area contributed by atoms with Gasteiger partial charge >= 0.3 is 0 Å². The van der Waals surface area contributed by atoms with Crippen LogP contribution in [0.15, 0.2) is 23.2 Å². The quantitative estimate of drug-likeness (QED) is 0.835. The molecule has 0 fully saturated rings. The van der Waals surface area contributed by atoms with Gasteiger partial charge in [0.15, 0.2) is 5.82 Å². The molecule has 0 aliphatic rings. The second-order valence-corrected chi connectivity index (χ2v) is 5.10. The maximum atomic E-state index is 12.1. The summed E-state index contributed by atoms with van der Waals surface area (Å²) in [6.07, 6.45) is 1.46. The highest BCUT2D eigenvalue weighted by Gasteiger charge is 2.22. The van der Waals surface area contributed by atoms with Gasteiger partial charge in [-0.25, -0.2) is 8.42 Å². The predicted molar refractivity (Wildman–Crippen MR) is 60.9 cm³/mol. The Hall–Kier alpha value is -1.96. The largest absolute Gasteiger partial charge is 0.281 e. The number of sulfonamides is 1. The van der Waals surface area contributed by atoms with E-state index < -0.39 is 10.0 Å². The maximum absolute atomic E-state index is 12.1. The summed E-state index contributed by atoms with van der Waals surface area (Å²) in [6.45, 7) is 3.26. The van der Waals surface area contributed by atoms with E-state index in [9.17, 15) is 8.42 Å². The van der Waals surface area contributed by atoms with Crippen molar-refractivity contribution >= 4 is 15.8 Å². The molecule has 0 aliphatic heterocycles. The summed E-state index contributed by atoms with van der Waals surface area (Å²) in [6, 6.07) is 3.12. The van der Waals surface area contributed by atoms with Crippen LogP contribution in [0.5, 0.6) is 0 Å². The molecule has 0 saturated heterocycles. The molecule has 0 aliphatic carbocycles. The third kappa shape index (κ3) is 2.26. The Morgan fingerprint density at radius 1 is 1.35 bits per heavy atom. The van der Waals surface area contributed by atoms with Gasteiger partial charge in [0.05, 0.1) is 11.4 Å². The summed E-state index contributed by atoms with van der Waals surface area (Å²) in [5.74, 6) is 0.174. The number of aryl methyl sites for hydroxylation is 2. The number of nitrogens with one attached hydrogen (secondary N) is 2. The van der Waals surface area contributed by atoms with Crippen LogP contribution in [0, 0.1) is 13.8 Å². The highest BCUT2D eigenvalue weighted by atomic mass is 32.2. The topological polar surface area (TPSA) is 101 Å². The van der Waals surface area contributed by atoms with Gasteiger partial charge in [-0.05, 0) is 26.0 Å². The zero-order chi connectivity index (χ0) is 12.5. The number of nitrogens with zero attached hydrogens (tertiary/aromatic N) is 3. The van der Waals surface area contributed by atoms with Crippen LogP contribution in [0.25, 0.3) is 0 Å². The third-order valence-electron chi connectivity index (χ3n) is 2.14. The van der Waals surface area contributed by atoms with E-state index in [0.717, 1.165) is 0 Å². The van der Waals surface area contributed by atoms with Gasteiger partial charge in [-0.1, -0.05) is 0 Å². The maximum Gasteiger partial charge on any atom is 0.266 e. The lowest BCUT2D eigenvalue weighted by atomic mass is 10.4. The molecule has 7 nitrogen and oxygen atoms in total. The molecule has 2 N–H and O–H groups in total. The van der Waals surface area contributed by atoms with Gasteiger partial charge in [0, 0.05) is 6.20 Å². The van der Waals surface area contributed by atoms with E-state index in [4.69, 9.17) is 0 Å². The average Bonchev–Trinajstić information content (AvgIpc) is 2.59. The second kappa shape index (κ2) is 4.13. The summed E-state index contributed by atoms with van der Waals surface area (Å²) >= 11 is 0. The molecule has 0 bridgehead atoms. The Kier molecular flexibility index (Phi) is 2.80. The van der Waals surface area contributed by atoms with E-state index in [1.165, 1.54) is 12.3 Å². The highest BCUT2D eigenvalue weighted by molar-refractivity contribution is 7.92. The number of hydrogen-bond acceptors (Lipinski definition) is 5. The van der Waals surface area contributed by atoms with Gasteiger partial charge in [-0.3, -0.25) is 9.82 Å². The van der Waals surface area contributed by atoms with Crippen molar-refractivity contribution in [2.75, 3.05) is 4.72 Å². The van der Waals surface area contributed by atoms with Crippen molar-refractivity contribution in [3.63, 3.8) is 0 Å². The number of hydrogen-bond donors (Lipinski definition) is 2. The van der Waals surface area contributed by atoms with Gasteiger partial charge < -0.3 is 0 Å². The first-order valence-electron chi connectivity index (χ1n) is 4.83. The van der Waals surface area contributed by atoms with E-state index in [-0.39, 0.29) is 10.7 Å². The van der Waals surface area contributed by atoms with Crippen molar-refractivity contribution in [1.29, 1.82) is 0 Å². The molecule has 2 rings (SSSR count). The lowest BCUT2D eigenvalue weighted by molar-refractivity contribution is 0.600. The number of H-pyrrole nitrogens is 1. The first-order valence-corrected chi connectivity index (χ1v) is 6.31. The zero-order valence-corrected chi connectivity index (χ0v) is 10.1. The molecular weight excluding hydrogens is 242 g/mol. The summed E-state index contributed by atoms with van der Waals surface area (Å²) in [5, 5.41) is 13.7. The van der Waals surface area contributed by atoms with E-state index in [2.05, 4.69) is 25.1 Å². The smallest absolute Gasteiger partial charge is 0.266 e. The SMILES string of the molecule is Cc1n[nH]c(C)c1S(=O)(=O)Nc1cccnn1. The Morgan fingerprint density at radius 2 is 2.12 bits per heavy atom. The minimum absolute atomic E-state index is 0.142. The molecule has 0 atom stereocenters. The van der Waals surface area contributed by atoms with Crippen LogP contribution in [0.3, 0.4) is 0 Å². The molecule has 0 aromatic carbocycles. The van der Waals surface area contributed by atoms with E-state index >= 15 is 0 Å². The van der Waals surface area contributed by atoms with E-state index in [1.807, 2.05) is 0 Å². The second-order valence-electron chi connectivity index (χ2n) is 3.48. The lowest BCUT2D eigenvalue weighted by Crippen LogP contribution is -2.15. The number of aromatic amines is 1. The minimum atomic E-state index is -3.68. The molecular formula is C9H11N5O2S. The van der Waals surface area contributed by atoms with Crippen LogP contribution in [0.1, 0.15) is 11.4 Å². The lowest BCUT2D eigenvalue weighted by Gasteiger charge is -2.06. The molecule has 8 heteroatoms. The zero-order valence-electron chi connectivity index (χ0n) is 9.30. The number of rotatable bonds is 3. The van der Waals surface area contributed by atoms with Crippen molar-refractivity contribution in [3.05, 3.63) is 29.7 Å². The highest BCUT2D eigenvalue weighted by Crippen LogP contribution is 2.19. The van der Waals surface area contributed by atoms with Crippen LogP contribution < -0.4 is 4.72 Å². The van der Waals surface area contributed by atoms with Gasteiger partial charge in [0.1, 0.15) is 4.90 Å². The van der Waals surface area contributed by atoms with Crippen molar-refractivity contribution in [3.8, 4) is 0 Å². The fraction of sp³-hybridized carbons (Fsp3) is 0.222. The Balaban J connectivity index is 2.39. The van der Waals surface area contributed by atoms with Crippen molar-refractivity contribution in [2.45, 2.75) is 18.7 Å². The first-order chi connectivity index (χ1) is 8.00. The van der Waals surface area contributed by atoms with Crippen molar-refractivity contribution in [2.24, 2.45) is 0 Å². The van der Waals surface area contributed by atoms with Crippen LogP contribution in [0.2, 0.25) is 0 Å². The molecule has 2 aromatic rings. The summed E-state index contributed by atoms with van der Waals surface area (Å²) in [4.78, 5) is 0.142. The number of anilines is 1.